The predicted molar refractivity (Wildman–Crippen MR) is 78.5 cm³/mol. The molecule has 1 aliphatic rings. The molecule has 9 heteroatoms. The average Bonchev–Trinajstić information content (AvgIpc) is 2.54. The van der Waals surface area contributed by atoms with Crippen LogP contribution in [0.4, 0.5) is 0 Å². The molecule has 0 unspecified atom stereocenters. The lowest BCUT2D eigenvalue weighted by atomic mass is 9.89. The van der Waals surface area contributed by atoms with Crippen LogP contribution in [0.3, 0.4) is 0 Å². The standard InChI is InChI=1S/C15H16O9/c16-4-8-12(20)13(21)14(22)15(24-8)10-6(17)3-7-5(11(10)19)1-2-9(18)23-7/h1-3,8,12-17,19-22H,4H2/t8-,12-,13+,14-,15+/m1/s1. The zero-order valence-electron chi connectivity index (χ0n) is 12.2. The molecule has 0 radical (unpaired) electrons. The van der Waals surface area contributed by atoms with E-state index in [0.717, 1.165) is 12.1 Å². The molecular formula is C15H16O9. The normalized spacial score (nSPS) is 30.6. The van der Waals surface area contributed by atoms with Gasteiger partial charge >= 0.3 is 5.63 Å². The van der Waals surface area contributed by atoms with Crippen LogP contribution in [0.15, 0.2) is 27.4 Å². The summed E-state index contributed by atoms with van der Waals surface area (Å²) in [5, 5.41) is 59.6. The van der Waals surface area contributed by atoms with E-state index in [9.17, 15) is 35.4 Å². The summed E-state index contributed by atoms with van der Waals surface area (Å²) < 4.78 is 10.2. The highest BCUT2D eigenvalue weighted by Crippen LogP contribution is 2.44. The molecule has 2 heterocycles. The zero-order chi connectivity index (χ0) is 17.6. The molecular weight excluding hydrogens is 324 g/mol. The van der Waals surface area contributed by atoms with Gasteiger partial charge in [-0.05, 0) is 6.07 Å². The Balaban J connectivity index is 2.14. The third-order valence-corrected chi connectivity index (χ3v) is 4.09. The van der Waals surface area contributed by atoms with Crippen molar-refractivity contribution >= 4 is 11.0 Å². The molecule has 0 amide bonds. The monoisotopic (exact) mass is 340 g/mol. The summed E-state index contributed by atoms with van der Waals surface area (Å²) in [6.07, 6.45) is -7.52. The Morgan fingerprint density at radius 1 is 1.04 bits per heavy atom. The first-order valence-electron chi connectivity index (χ1n) is 7.14. The second kappa shape index (κ2) is 6.04. The molecule has 130 valence electrons. The van der Waals surface area contributed by atoms with Crippen LogP contribution < -0.4 is 5.63 Å². The Bertz CT molecular complexity index is 812. The molecule has 1 aromatic carbocycles. The van der Waals surface area contributed by atoms with Crippen LogP contribution in [0.25, 0.3) is 11.0 Å². The van der Waals surface area contributed by atoms with E-state index in [2.05, 4.69) is 0 Å². The van der Waals surface area contributed by atoms with Crippen LogP contribution in [-0.4, -0.2) is 61.7 Å². The van der Waals surface area contributed by atoms with Crippen molar-refractivity contribution < 1.29 is 39.8 Å². The second-order valence-electron chi connectivity index (χ2n) is 5.57. The van der Waals surface area contributed by atoms with Crippen LogP contribution in [-0.2, 0) is 4.74 Å². The first kappa shape index (κ1) is 16.7. The minimum Gasteiger partial charge on any atom is -0.507 e. The van der Waals surface area contributed by atoms with E-state index >= 15 is 0 Å². The number of ether oxygens (including phenoxy) is 1. The van der Waals surface area contributed by atoms with Gasteiger partial charge in [-0.25, -0.2) is 4.79 Å². The molecule has 0 saturated carbocycles. The minimum absolute atomic E-state index is 0.0779. The summed E-state index contributed by atoms with van der Waals surface area (Å²) >= 11 is 0. The van der Waals surface area contributed by atoms with Gasteiger partial charge in [0, 0.05) is 12.1 Å². The van der Waals surface area contributed by atoms with Gasteiger partial charge in [-0.1, -0.05) is 0 Å². The van der Waals surface area contributed by atoms with E-state index in [4.69, 9.17) is 9.15 Å². The Kier molecular flexibility index (Phi) is 4.20. The lowest BCUT2D eigenvalue weighted by Gasteiger charge is -2.40. The molecule has 2 aromatic rings. The minimum atomic E-state index is -1.67. The Morgan fingerprint density at radius 2 is 1.75 bits per heavy atom. The highest BCUT2D eigenvalue weighted by Gasteiger charge is 2.45. The molecule has 0 aliphatic carbocycles. The van der Waals surface area contributed by atoms with Gasteiger partial charge in [0.2, 0.25) is 0 Å². The Morgan fingerprint density at radius 3 is 2.42 bits per heavy atom. The number of fused-ring (bicyclic) bond motifs is 1. The third-order valence-electron chi connectivity index (χ3n) is 4.09. The molecule has 6 N–H and O–H groups in total. The number of hydrogen-bond donors (Lipinski definition) is 6. The van der Waals surface area contributed by atoms with Crippen molar-refractivity contribution in [3.05, 3.63) is 34.2 Å². The number of rotatable bonds is 2. The van der Waals surface area contributed by atoms with E-state index < -0.39 is 54.3 Å². The summed E-state index contributed by atoms with van der Waals surface area (Å²) in [5.41, 5.74) is -1.01. The van der Waals surface area contributed by atoms with E-state index in [1.54, 1.807) is 0 Å². The first-order chi connectivity index (χ1) is 11.3. The molecule has 1 aliphatic heterocycles. The fourth-order valence-corrected chi connectivity index (χ4v) is 2.82. The topological polar surface area (TPSA) is 161 Å². The van der Waals surface area contributed by atoms with Crippen molar-refractivity contribution in [1.29, 1.82) is 0 Å². The second-order valence-corrected chi connectivity index (χ2v) is 5.57. The average molecular weight is 340 g/mol. The van der Waals surface area contributed by atoms with Crippen LogP contribution in [0.2, 0.25) is 0 Å². The van der Waals surface area contributed by atoms with Crippen molar-refractivity contribution in [3.8, 4) is 11.5 Å². The summed E-state index contributed by atoms with van der Waals surface area (Å²) in [5.74, 6) is -1.06. The number of aliphatic hydroxyl groups is 4. The summed E-state index contributed by atoms with van der Waals surface area (Å²) in [6.45, 7) is -0.647. The summed E-state index contributed by atoms with van der Waals surface area (Å²) in [4.78, 5) is 11.2. The van der Waals surface area contributed by atoms with Gasteiger partial charge in [-0.3, -0.25) is 0 Å². The van der Waals surface area contributed by atoms with Crippen LogP contribution >= 0.6 is 0 Å². The SMILES string of the molecule is O=c1ccc2c(O)c([C@@H]3O[C@H](CO)[C@@H](O)[C@H](O)[C@H]3O)c(O)cc2o1. The molecule has 5 atom stereocenters. The van der Waals surface area contributed by atoms with E-state index in [1.165, 1.54) is 6.07 Å². The number of benzene rings is 1. The van der Waals surface area contributed by atoms with Crippen LogP contribution in [0.5, 0.6) is 11.5 Å². The summed E-state index contributed by atoms with van der Waals surface area (Å²) in [6, 6.07) is 3.40. The largest absolute Gasteiger partial charge is 0.507 e. The molecule has 0 bridgehead atoms. The van der Waals surface area contributed by atoms with Crippen LogP contribution in [0.1, 0.15) is 11.7 Å². The lowest BCUT2D eigenvalue weighted by Crippen LogP contribution is -2.55. The Labute approximate surface area is 134 Å². The molecule has 3 rings (SSSR count). The van der Waals surface area contributed by atoms with Gasteiger partial charge in [-0.2, -0.15) is 0 Å². The maximum atomic E-state index is 11.2. The number of aliphatic hydroxyl groups excluding tert-OH is 4. The zero-order valence-corrected chi connectivity index (χ0v) is 12.2. The van der Waals surface area contributed by atoms with Gasteiger partial charge < -0.3 is 39.8 Å². The van der Waals surface area contributed by atoms with Crippen molar-refractivity contribution in [3.63, 3.8) is 0 Å². The molecule has 9 nitrogen and oxygen atoms in total. The van der Waals surface area contributed by atoms with Gasteiger partial charge in [0.1, 0.15) is 47.6 Å². The number of phenolic OH excluding ortho intramolecular Hbond substituents is 2. The molecule has 1 saturated heterocycles. The van der Waals surface area contributed by atoms with E-state index in [1.807, 2.05) is 0 Å². The number of hydrogen-bond acceptors (Lipinski definition) is 9. The van der Waals surface area contributed by atoms with E-state index in [-0.39, 0.29) is 16.5 Å². The third kappa shape index (κ3) is 2.52. The van der Waals surface area contributed by atoms with Crippen molar-refractivity contribution in [2.24, 2.45) is 0 Å². The van der Waals surface area contributed by atoms with Gasteiger partial charge in [0.25, 0.3) is 0 Å². The quantitative estimate of drug-likeness (QED) is 0.366. The maximum Gasteiger partial charge on any atom is 0.336 e. The Hall–Kier alpha value is -2.17. The van der Waals surface area contributed by atoms with Crippen molar-refractivity contribution in [2.45, 2.75) is 30.5 Å². The maximum absolute atomic E-state index is 11.2. The number of aromatic hydroxyl groups is 2. The molecule has 1 fully saturated rings. The molecule has 24 heavy (non-hydrogen) atoms. The van der Waals surface area contributed by atoms with Gasteiger partial charge in [0.15, 0.2) is 0 Å². The number of phenols is 2. The highest BCUT2D eigenvalue weighted by atomic mass is 16.5. The van der Waals surface area contributed by atoms with Crippen molar-refractivity contribution in [1.82, 2.24) is 0 Å². The fourth-order valence-electron chi connectivity index (χ4n) is 2.82. The van der Waals surface area contributed by atoms with Crippen molar-refractivity contribution in [2.75, 3.05) is 6.61 Å². The highest BCUT2D eigenvalue weighted by molar-refractivity contribution is 5.86. The molecule has 0 spiro atoms. The lowest BCUT2D eigenvalue weighted by molar-refractivity contribution is -0.232. The smallest absolute Gasteiger partial charge is 0.336 e. The van der Waals surface area contributed by atoms with Gasteiger partial charge in [-0.15, -0.1) is 0 Å². The first-order valence-corrected chi connectivity index (χ1v) is 7.14. The fraction of sp³-hybridized carbons (Fsp3) is 0.400. The predicted octanol–water partition coefficient (Wildman–Crippen LogP) is -1.28. The van der Waals surface area contributed by atoms with E-state index in [0.29, 0.717) is 0 Å². The van der Waals surface area contributed by atoms with Gasteiger partial charge in [0.05, 0.1) is 17.6 Å². The summed E-state index contributed by atoms with van der Waals surface area (Å²) in [7, 11) is 0. The molecule has 1 aromatic heterocycles. The van der Waals surface area contributed by atoms with Crippen LogP contribution in [0, 0.1) is 0 Å².